The molecule has 0 bridgehead atoms. The zero-order valence-corrected chi connectivity index (χ0v) is 11.3. The van der Waals surface area contributed by atoms with Crippen LogP contribution in [-0.4, -0.2) is 29.6 Å². The third-order valence-corrected chi connectivity index (χ3v) is 3.72. The minimum atomic E-state index is 0.101. The molecule has 0 aliphatic heterocycles. The Hall–Kier alpha value is -1.31. The summed E-state index contributed by atoms with van der Waals surface area (Å²) in [7, 11) is 1.86. The van der Waals surface area contributed by atoms with Crippen molar-refractivity contribution in [1.29, 1.82) is 0 Å². The van der Waals surface area contributed by atoms with Gasteiger partial charge in [0.05, 0.1) is 11.5 Å². The van der Waals surface area contributed by atoms with Gasteiger partial charge in [0.2, 0.25) is 5.91 Å². The number of carbonyl (C=O) groups excluding carboxylic acids is 1. The molecular weight excluding hydrogens is 246 g/mol. The van der Waals surface area contributed by atoms with Gasteiger partial charge in [0.1, 0.15) is 0 Å². The van der Waals surface area contributed by atoms with Crippen molar-refractivity contribution in [2.45, 2.75) is 25.8 Å². The normalized spacial score (nSPS) is 13.9. The molecule has 1 aliphatic rings. The van der Waals surface area contributed by atoms with Gasteiger partial charge in [-0.25, -0.2) is 0 Å². The average Bonchev–Trinajstić information content (AvgIpc) is 3.11. The lowest BCUT2D eigenvalue weighted by Gasteiger charge is -2.15. The fourth-order valence-electron chi connectivity index (χ4n) is 1.72. The molecule has 1 N–H and O–H groups in total. The van der Waals surface area contributed by atoms with Gasteiger partial charge >= 0.3 is 0 Å². The van der Waals surface area contributed by atoms with E-state index in [-0.39, 0.29) is 18.4 Å². The van der Waals surface area contributed by atoms with E-state index < -0.39 is 0 Å². The number of hydrogen-bond donors (Lipinski definition) is 1. The standard InChI is InChI=1S/C14H17NO2S/c1-15(14(17)12-5-6-12)9-11-8-13(18-10-11)4-2-3-7-16/h8,10,12,16H,3,5-7,9H2,1H3. The molecule has 96 valence electrons. The van der Waals surface area contributed by atoms with Crippen LogP contribution in [0.3, 0.4) is 0 Å². The van der Waals surface area contributed by atoms with Crippen LogP contribution in [-0.2, 0) is 11.3 Å². The first-order chi connectivity index (χ1) is 8.70. The molecule has 0 spiro atoms. The molecule has 1 aromatic rings. The van der Waals surface area contributed by atoms with E-state index in [0.717, 1.165) is 23.3 Å². The predicted octanol–water partition coefficient (Wildman–Crippen LogP) is 1.85. The highest BCUT2D eigenvalue weighted by molar-refractivity contribution is 7.10. The molecule has 1 fully saturated rings. The van der Waals surface area contributed by atoms with Gasteiger partial charge in [-0.1, -0.05) is 11.8 Å². The fourth-order valence-corrected chi connectivity index (χ4v) is 2.49. The van der Waals surface area contributed by atoms with E-state index in [2.05, 4.69) is 11.8 Å². The summed E-state index contributed by atoms with van der Waals surface area (Å²) in [5, 5.41) is 10.7. The van der Waals surface area contributed by atoms with Gasteiger partial charge in [0.15, 0.2) is 0 Å². The largest absolute Gasteiger partial charge is 0.395 e. The minimum absolute atomic E-state index is 0.101. The number of nitrogens with zero attached hydrogens (tertiary/aromatic N) is 1. The Morgan fingerprint density at radius 1 is 1.61 bits per heavy atom. The Labute approximate surface area is 111 Å². The van der Waals surface area contributed by atoms with Gasteiger partial charge in [-0.15, -0.1) is 11.3 Å². The molecule has 1 aliphatic carbocycles. The summed E-state index contributed by atoms with van der Waals surface area (Å²) >= 11 is 1.58. The molecule has 0 aromatic carbocycles. The van der Waals surface area contributed by atoms with Gasteiger partial charge in [-0.3, -0.25) is 4.79 Å². The number of carbonyl (C=O) groups is 1. The average molecular weight is 263 g/mol. The van der Waals surface area contributed by atoms with Crippen LogP contribution in [0.2, 0.25) is 0 Å². The number of aliphatic hydroxyl groups is 1. The van der Waals surface area contributed by atoms with E-state index in [1.54, 1.807) is 16.2 Å². The van der Waals surface area contributed by atoms with E-state index in [9.17, 15) is 4.79 Å². The van der Waals surface area contributed by atoms with E-state index in [4.69, 9.17) is 5.11 Å². The highest BCUT2D eigenvalue weighted by Crippen LogP contribution is 2.31. The zero-order chi connectivity index (χ0) is 13.0. The third-order valence-electron chi connectivity index (χ3n) is 2.82. The summed E-state index contributed by atoms with van der Waals surface area (Å²) < 4.78 is 0. The number of aliphatic hydroxyl groups excluding tert-OH is 1. The topological polar surface area (TPSA) is 40.5 Å². The van der Waals surface area contributed by atoms with Gasteiger partial charge in [-0.05, 0) is 29.9 Å². The molecular formula is C14H17NO2S. The molecule has 0 saturated heterocycles. The first kappa shape index (κ1) is 13.1. The highest BCUT2D eigenvalue weighted by atomic mass is 32.1. The van der Waals surface area contributed by atoms with E-state index in [0.29, 0.717) is 13.0 Å². The van der Waals surface area contributed by atoms with Crippen molar-refractivity contribution >= 4 is 17.2 Å². The van der Waals surface area contributed by atoms with Crippen molar-refractivity contribution in [2.75, 3.05) is 13.7 Å². The van der Waals surface area contributed by atoms with Gasteiger partial charge in [-0.2, -0.15) is 0 Å². The van der Waals surface area contributed by atoms with E-state index in [1.807, 2.05) is 18.5 Å². The summed E-state index contributed by atoms with van der Waals surface area (Å²) in [4.78, 5) is 14.6. The van der Waals surface area contributed by atoms with Crippen LogP contribution in [0.25, 0.3) is 0 Å². The Morgan fingerprint density at radius 2 is 2.39 bits per heavy atom. The second-order valence-corrected chi connectivity index (χ2v) is 5.47. The lowest BCUT2D eigenvalue weighted by atomic mass is 10.2. The maximum atomic E-state index is 11.8. The summed E-state index contributed by atoms with van der Waals surface area (Å²) in [6.07, 6.45) is 2.60. The van der Waals surface area contributed by atoms with Crippen LogP contribution in [0.4, 0.5) is 0 Å². The smallest absolute Gasteiger partial charge is 0.225 e. The van der Waals surface area contributed by atoms with Gasteiger partial charge in [0, 0.05) is 25.9 Å². The summed E-state index contributed by atoms with van der Waals surface area (Å²) in [5.41, 5.74) is 1.13. The quantitative estimate of drug-likeness (QED) is 0.842. The van der Waals surface area contributed by atoms with Gasteiger partial charge in [0.25, 0.3) is 0 Å². The molecule has 4 heteroatoms. The van der Waals surface area contributed by atoms with Crippen molar-refractivity contribution in [2.24, 2.45) is 5.92 Å². The molecule has 0 atom stereocenters. The number of amides is 1. The van der Waals surface area contributed by atoms with Crippen LogP contribution in [0.5, 0.6) is 0 Å². The molecule has 2 rings (SSSR count). The molecule has 18 heavy (non-hydrogen) atoms. The molecule has 1 aromatic heterocycles. The molecule has 0 radical (unpaired) electrons. The first-order valence-corrected chi connectivity index (χ1v) is 7.01. The van der Waals surface area contributed by atoms with Crippen LogP contribution >= 0.6 is 11.3 Å². The Balaban J connectivity index is 1.90. The fraction of sp³-hybridized carbons (Fsp3) is 0.500. The first-order valence-electron chi connectivity index (χ1n) is 6.13. The summed E-state index contributed by atoms with van der Waals surface area (Å²) in [6.45, 7) is 0.761. The SMILES string of the molecule is CN(Cc1csc(C#CCCO)c1)C(=O)C1CC1. The van der Waals surface area contributed by atoms with Crippen molar-refractivity contribution in [3.63, 3.8) is 0 Å². The van der Waals surface area contributed by atoms with Crippen LogP contribution in [0.15, 0.2) is 11.4 Å². The summed E-state index contributed by atoms with van der Waals surface area (Å²) in [6, 6.07) is 2.02. The minimum Gasteiger partial charge on any atom is -0.395 e. The molecule has 3 nitrogen and oxygen atoms in total. The number of hydrogen-bond acceptors (Lipinski definition) is 3. The Bertz CT molecular complexity index is 479. The van der Waals surface area contributed by atoms with Crippen LogP contribution in [0.1, 0.15) is 29.7 Å². The molecule has 1 amide bonds. The van der Waals surface area contributed by atoms with Crippen LogP contribution in [0, 0.1) is 17.8 Å². The number of rotatable bonds is 4. The summed E-state index contributed by atoms with van der Waals surface area (Å²) in [5.74, 6) is 6.44. The highest BCUT2D eigenvalue weighted by Gasteiger charge is 2.31. The van der Waals surface area contributed by atoms with Gasteiger partial charge < -0.3 is 10.0 Å². The predicted molar refractivity (Wildman–Crippen MR) is 72.1 cm³/mol. The van der Waals surface area contributed by atoms with E-state index >= 15 is 0 Å². The third kappa shape index (κ3) is 3.59. The van der Waals surface area contributed by atoms with Crippen molar-refractivity contribution < 1.29 is 9.90 Å². The van der Waals surface area contributed by atoms with Crippen molar-refractivity contribution in [3.8, 4) is 11.8 Å². The molecule has 1 heterocycles. The maximum absolute atomic E-state index is 11.8. The Morgan fingerprint density at radius 3 is 3.06 bits per heavy atom. The van der Waals surface area contributed by atoms with Crippen molar-refractivity contribution in [3.05, 3.63) is 21.9 Å². The van der Waals surface area contributed by atoms with Crippen LogP contribution < -0.4 is 0 Å². The molecule has 0 unspecified atom stereocenters. The lowest BCUT2D eigenvalue weighted by Crippen LogP contribution is -2.27. The second kappa shape index (κ2) is 6.03. The second-order valence-electron chi connectivity index (χ2n) is 4.56. The van der Waals surface area contributed by atoms with Crippen molar-refractivity contribution in [1.82, 2.24) is 4.90 Å². The maximum Gasteiger partial charge on any atom is 0.225 e. The zero-order valence-electron chi connectivity index (χ0n) is 10.5. The Kier molecular flexibility index (Phi) is 4.40. The monoisotopic (exact) mass is 263 g/mol. The lowest BCUT2D eigenvalue weighted by molar-refractivity contribution is -0.131. The van der Waals surface area contributed by atoms with E-state index in [1.165, 1.54) is 0 Å². The number of thiophene rings is 1. The molecule has 1 saturated carbocycles.